The predicted molar refractivity (Wildman–Crippen MR) is 107 cm³/mol. The Morgan fingerprint density at radius 3 is 2.52 bits per heavy atom. The summed E-state index contributed by atoms with van der Waals surface area (Å²) >= 11 is 6.14. The zero-order valence-electron chi connectivity index (χ0n) is 14.9. The van der Waals surface area contributed by atoms with E-state index in [9.17, 15) is 10.1 Å². The highest BCUT2D eigenvalue weighted by molar-refractivity contribution is 6.31. The first-order chi connectivity index (χ1) is 13.0. The fourth-order valence-corrected chi connectivity index (χ4v) is 2.75. The molecule has 7 nitrogen and oxygen atoms in total. The van der Waals surface area contributed by atoms with Crippen molar-refractivity contribution in [3.05, 3.63) is 80.6 Å². The maximum absolute atomic E-state index is 11.7. The highest BCUT2D eigenvalue weighted by atomic mass is 35.5. The van der Waals surface area contributed by atoms with Gasteiger partial charge in [-0.3, -0.25) is 10.1 Å². The molecule has 0 spiro atoms. The molecule has 2 N–H and O–H groups in total. The van der Waals surface area contributed by atoms with Gasteiger partial charge in [0, 0.05) is 17.3 Å². The molecule has 3 rings (SSSR count). The third kappa shape index (κ3) is 4.32. The Kier molecular flexibility index (Phi) is 5.52. The Morgan fingerprint density at radius 1 is 1.07 bits per heavy atom. The second-order valence-corrected chi connectivity index (χ2v) is 6.45. The van der Waals surface area contributed by atoms with Gasteiger partial charge >= 0.3 is 5.69 Å². The first-order valence-corrected chi connectivity index (χ1v) is 8.64. The fraction of sp³-hybridized carbons (Fsp3) is 0.158. The number of nitro groups is 1. The number of hydrogen-bond donors (Lipinski definition) is 2. The van der Waals surface area contributed by atoms with Gasteiger partial charge in [0.05, 0.1) is 4.92 Å². The molecular formula is C19H18ClN5O2. The lowest BCUT2D eigenvalue weighted by atomic mass is 10.1. The zero-order chi connectivity index (χ0) is 19.4. The Morgan fingerprint density at radius 2 is 1.81 bits per heavy atom. The van der Waals surface area contributed by atoms with Gasteiger partial charge in [-0.05, 0) is 48.7 Å². The van der Waals surface area contributed by atoms with E-state index in [0.717, 1.165) is 22.4 Å². The highest BCUT2D eigenvalue weighted by Gasteiger charge is 2.23. The maximum atomic E-state index is 11.7. The Labute approximate surface area is 161 Å². The third-order valence-electron chi connectivity index (χ3n) is 4.18. The summed E-state index contributed by atoms with van der Waals surface area (Å²) in [5.41, 5.74) is 3.53. The van der Waals surface area contributed by atoms with Gasteiger partial charge in [0.25, 0.3) is 0 Å². The van der Waals surface area contributed by atoms with Gasteiger partial charge in [0.2, 0.25) is 11.6 Å². The molecule has 1 aromatic heterocycles. The van der Waals surface area contributed by atoms with Gasteiger partial charge in [-0.15, -0.1) is 0 Å². The van der Waals surface area contributed by atoms with Gasteiger partial charge in [-0.1, -0.05) is 35.9 Å². The standard InChI is InChI=1S/C19H18ClN5O2/c1-12-7-8-15(9-13(12)2)24-19-17(25(26)27)18(22-11-23-19)21-10-14-5-3-4-6-16(14)20/h3-9,11H,10H2,1-2H3,(H2,21,22,23,24). The molecule has 2 aromatic carbocycles. The third-order valence-corrected chi connectivity index (χ3v) is 4.55. The number of anilines is 3. The van der Waals surface area contributed by atoms with E-state index in [2.05, 4.69) is 20.6 Å². The average molecular weight is 384 g/mol. The van der Waals surface area contributed by atoms with Gasteiger partial charge < -0.3 is 10.6 Å². The summed E-state index contributed by atoms with van der Waals surface area (Å²) < 4.78 is 0. The predicted octanol–water partition coefficient (Wildman–Crippen LogP) is 5.01. The fourth-order valence-electron chi connectivity index (χ4n) is 2.55. The van der Waals surface area contributed by atoms with Crippen molar-refractivity contribution >= 4 is 34.6 Å². The van der Waals surface area contributed by atoms with E-state index in [0.29, 0.717) is 11.6 Å². The van der Waals surface area contributed by atoms with Crippen molar-refractivity contribution in [3.63, 3.8) is 0 Å². The van der Waals surface area contributed by atoms with Crippen LogP contribution < -0.4 is 10.6 Å². The van der Waals surface area contributed by atoms with E-state index in [-0.39, 0.29) is 17.3 Å². The quantitative estimate of drug-likeness (QED) is 0.459. The molecule has 0 fully saturated rings. The van der Waals surface area contributed by atoms with Crippen LogP contribution in [0.25, 0.3) is 0 Å². The number of aryl methyl sites for hydroxylation is 2. The summed E-state index contributed by atoms with van der Waals surface area (Å²) in [4.78, 5) is 19.2. The second-order valence-electron chi connectivity index (χ2n) is 6.05. The van der Waals surface area contributed by atoms with Gasteiger partial charge in [0.1, 0.15) is 6.33 Å². The zero-order valence-corrected chi connectivity index (χ0v) is 15.6. The molecule has 0 aliphatic rings. The van der Waals surface area contributed by atoms with Crippen molar-refractivity contribution in [3.8, 4) is 0 Å². The normalized spacial score (nSPS) is 10.5. The van der Waals surface area contributed by atoms with Gasteiger partial charge in [-0.25, -0.2) is 9.97 Å². The number of halogens is 1. The van der Waals surface area contributed by atoms with Crippen LogP contribution in [0.3, 0.4) is 0 Å². The lowest BCUT2D eigenvalue weighted by Crippen LogP contribution is -2.08. The monoisotopic (exact) mass is 383 g/mol. The molecule has 8 heteroatoms. The van der Waals surface area contributed by atoms with Crippen LogP contribution >= 0.6 is 11.6 Å². The Hall–Kier alpha value is -3.19. The molecule has 0 saturated heterocycles. The van der Waals surface area contributed by atoms with Crippen LogP contribution in [0.4, 0.5) is 23.0 Å². The smallest absolute Gasteiger partial charge is 0.353 e. The number of rotatable bonds is 6. The first kappa shape index (κ1) is 18.6. The SMILES string of the molecule is Cc1ccc(Nc2ncnc(NCc3ccccc3Cl)c2[N+](=O)[O-])cc1C. The summed E-state index contributed by atoms with van der Waals surface area (Å²) in [7, 11) is 0. The number of nitrogens with one attached hydrogen (secondary N) is 2. The van der Waals surface area contributed by atoms with Crippen molar-refractivity contribution in [2.45, 2.75) is 20.4 Å². The number of benzene rings is 2. The van der Waals surface area contributed by atoms with Crippen LogP contribution in [0.5, 0.6) is 0 Å². The Bertz CT molecular complexity index is 994. The molecule has 0 atom stereocenters. The summed E-state index contributed by atoms with van der Waals surface area (Å²) in [6, 6.07) is 13.0. The number of aromatic nitrogens is 2. The summed E-state index contributed by atoms with van der Waals surface area (Å²) in [5.74, 6) is 0.251. The minimum atomic E-state index is -0.502. The minimum Gasteiger partial charge on any atom is -0.360 e. The maximum Gasteiger partial charge on any atom is 0.353 e. The average Bonchev–Trinajstić information content (AvgIpc) is 2.64. The lowest BCUT2D eigenvalue weighted by molar-refractivity contribution is -0.383. The van der Waals surface area contributed by atoms with Crippen molar-refractivity contribution in [2.24, 2.45) is 0 Å². The van der Waals surface area contributed by atoms with Gasteiger partial charge in [-0.2, -0.15) is 0 Å². The second kappa shape index (κ2) is 8.01. The van der Waals surface area contributed by atoms with E-state index in [1.165, 1.54) is 6.33 Å². The van der Waals surface area contributed by atoms with Crippen molar-refractivity contribution in [1.29, 1.82) is 0 Å². The summed E-state index contributed by atoms with van der Waals surface area (Å²) in [5, 5.41) is 18.2. The minimum absolute atomic E-state index is 0.125. The van der Waals surface area contributed by atoms with Gasteiger partial charge in [0.15, 0.2) is 0 Å². The van der Waals surface area contributed by atoms with Crippen LogP contribution in [0, 0.1) is 24.0 Å². The first-order valence-electron chi connectivity index (χ1n) is 8.26. The van der Waals surface area contributed by atoms with E-state index in [1.807, 2.05) is 50.2 Å². The molecular weight excluding hydrogens is 366 g/mol. The van der Waals surface area contributed by atoms with E-state index in [1.54, 1.807) is 6.07 Å². The Balaban J connectivity index is 1.89. The van der Waals surface area contributed by atoms with Crippen molar-refractivity contribution < 1.29 is 4.92 Å². The van der Waals surface area contributed by atoms with Crippen LogP contribution in [-0.2, 0) is 6.54 Å². The largest absolute Gasteiger partial charge is 0.360 e. The number of hydrogen-bond acceptors (Lipinski definition) is 6. The molecule has 138 valence electrons. The molecule has 0 radical (unpaired) electrons. The molecule has 0 aliphatic carbocycles. The van der Waals surface area contributed by atoms with Crippen LogP contribution in [0.15, 0.2) is 48.8 Å². The molecule has 0 aliphatic heterocycles. The molecule has 0 unspecified atom stereocenters. The number of nitrogens with zero attached hydrogens (tertiary/aromatic N) is 3. The van der Waals surface area contributed by atoms with E-state index < -0.39 is 4.92 Å². The van der Waals surface area contributed by atoms with Crippen LogP contribution in [0.2, 0.25) is 5.02 Å². The molecule has 1 heterocycles. The van der Waals surface area contributed by atoms with E-state index >= 15 is 0 Å². The van der Waals surface area contributed by atoms with E-state index in [4.69, 9.17) is 11.6 Å². The summed E-state index contributed by atoms with van der Waals surface area (Å²) in [6.45, 7) is 4.29. The van der Waals surface area contributed by atoms with Crippen molar-refractivity contribution in [2.75, 3.05) is 10.6 Å². The van der Waals surface area contributed by atoms with Crippen LogP contribution in [0.1, 0.15) is 16.7 Å². The lowest BCUT2D eigenvalue weighted by Gasteiger charge is -2.11. The molecule has 0 bridgehead atoms. The molecule has 27 heavy (non-hydrogen) atoms. The van der Waals surface area contributed by atoms with Crippen molar-refractivity contribution in [1.82, 2.24) is 9.97 Å². The summed E-state index contributed by atoms with van der Waals surface area (Å²) in [6.07, 6.45) is 1.28. The molecule has 0 amide bonds. The van der Waals surface area contributed by atoms with Crippen LogP contribution in [-0.4, -0.2) is 14.9 Å². The highest BCUT2D eigenvalue weighted by Crippen LogP contribution is 2.32. The molecule has 3 aromatic rings. The molecule has 0 saturated carbocycles. The topological polar surface area (TPSA) is 93.0 Å².